The summed E-state index contributed by atoms with van der Waals surface area (Å²) in [7, 11) is 0. The van der Waals surface area contributed by atoms with Gasteiger partial charge in [-0.1, -0.05) is 18.2 Å². The highest BCUT2D eigenvalue weighted by Crippen LogP contribution is 2.23. The number of carbonyl (C=O) groups excluding carboxylic acids is 1. The van der Waals surface area contributed by atoms with Crippen molar-refractivity contribution < 1.29 is 9.90 Å². The minimum atomic E-state index is -0.200. The largest absolute Gasteiger partial charge is 0.508 e. The number of para-hydroxylation sites is 1. The lowest BCUT2D eigenvalue weighted by molar-refractivity contribution is 0.0949. The average Bonchev–Trinajstić information content (AvgIpc) is 3.14. The molecule has 1 aromatic carbocycles. The maximum absolute atomic E-state index is 12.4. The number of hydrogen-bond acceptors (Lipinski definition) is 5. The summed E-state index contributed by atoms with van der Waals surface area (Å²) in [5, 5.41) is 15.8. The summed E-state index contributed by atoms with van der Waals surface area (Å²) < 4.78 is 0. The zero-order valence-corrected chi connectivity index (χ0v) is 16.3. The van der Waals surface area contributed by atoms with Gasteiger partial charge in [0.1, 0.15) is 11.4 Å². The van der Waals surface area contributed by atoms with E-state index in [0.717, 1.165) is 22.4 Å². The van der Waals surface area contributed by atoms with E-state index in [1.165, 1.54) is 0 Å². The summed E-state index contributed by atoms with van der Waals surface area (Å²) in [6, 6.07) is 9.13. The fraction of sp³-hybridized carbons (Fsp3) is 0.286. The highest BCUT2D eigenvalue weighted by molar-refractivity contribution is 5.93. The van der Waals surface area contributed by atoms with Crippen molar-refractivity contribution in [3.05, 3.63) is 59.5 Å². The van der Waals surface area contributed by atoms with Gasteiger partial charge in [0.25, 0.3) is 5.91 Å². The molecule has 0 aliphatic heterocycles. The molecule has 2 heterocycles. The van der Waals surface area contributed by atoms with E-state index < -0.39 is 0 Å². The third kappa shape index (κ3) is 4.68. The number of carbonyl (C=O) groups is 1. The van der Waals surface area contributed by atoms with E-state index in [-0.39, 0.29) is 17.7 Å². The summed E-state index contributed by atoms with van der Waals surface area (Å²) in [5.41, 5.74) is 3.81. The number of phenolic OH excluding ortho intramolecular Hbond substituents is 1. The molecule has 1 amide bonds. The number of phenols is 1. The second kappa shape index (κ2) is 8.56. The molecule has 0 bridgehead atoms. The highest BCUT2D eigenvalue weighted by atomic mass is 16.3. The quantitative estimate of drug-likeness (QED) is 0.504. The van der Waals surface area contributed by atoms with E-state index in [4.69, 9.17) is 0 Å². The lowest BCUT2D eigenvalue weighted by Gasteiger charge is -2.10. The number of H-pyrrole nitrogens is 1. The summed E-state index contributed by atoms with van der Waals surface area (Å²) in [6.07, 6.45) is 4.10. The molecular formula is C21H25N5O2. The number of nitrogens with one attached hydrogen (secondary N) is 3. The monoisotopic (exact) mass is 379 g/mol. The van der Waals surface area contributed by atoms with Crippen LogP contribution in [0, 0.1) is 6.92 Å². The van der Waals surface area contributed by atoms with E-state index in [2.05, 4.69) is 25.6 Å². The number of hydrogen-bond donors (Lipinski definition) is 4. The number of aryl methyl sites for hydroxylation is 1. The van der Waals surface area contributed by atoms with Gasteiger partial charge < -0.3 is 20.7 Å². The molecule has 0 atom stereocenters. The first-order chi connectivity index (χ1) is 13.4. The summed E-state index contributed by atoms with van der Waals surface area (Å²) in [5.74, 6) is 0.600. The molecule has 146 valence electrons. The van der Waals surface area contributed by atoms with E-state index in [1.54, 1.807) is 30.6 Å². The molecule has 0 saturated heterocycles. The topological polar surface area (TPSA) is 103 Å². The predicted octanol–water partition coefficient (Wildman–Crippen LogP) is 3.28. The number of anilines is 1. The Morgan fingerprint density at radius 1 is 1.29 bits per heavy atom. The summed E-state index contributed by atoms with van der Waals surface area (Å²) in [4.78, 5) is 24.3. The normalized spacial score (nSPS) is 10.9. The van der Waals surface area contributed by atoms with Crippen molar-refractivity contribution in [1.29, 1.82) is 0 Å². The fourth-order valence-electron chi connectivity index (χ4n) is 2.85. The van der Waals surface area contributed by atoms with Gasteiger partial charge in [-0.3, -0.25) is 4.79 Å². The Bertz CT molecular complexity index is 965. The first-order valence-electron chi connectivity index (χ1n) is 9.28. The molecule has 0 fully saturated rings. The summed E-state index contributed by atoms with van der Waals surface area (Å²) in [6.45, 7) is 6.42. The van der Waals surface area contributed by atoms with Gasteiger partial charge in [0, 0.05) is 30.5 Å². The van der Waals surface area contributed by atoms with Gasteiger partial charge in [-0.2, -0.15) is 0 Å². The van der Waals surface area contributed by atoms with Crippen molar-refractivity contribution in [2.45, 2.75) is 33.2 Å². The standard InChI is InChI=1S/C21H25N5O2/c1-13(2)25-21-24-11-14(3)19(26-21)16-10-17(23-12-16)20(28)22-9-8-15-6-4-5-7-18(15)27/h4-7,10-13,23,27H,8-9H2,1-3H3,(H,22,28)(H,24,25,26). The second-order valence-corrected chi connectivity index (χ2v) is 6.96. The maximum atomic E-state index is 12.4. The Kier molecular flexibility index (Phi) is 5.93. The average molecular weight is 379 g/mol. The van der Waals surface area contributed by atoms with Crippen LogP contribution in [0.1, 0.15) is 35.5 Å². The number of aromatic nitrogens is 3. The highest BCUT2D eigenvalue weighted by Gasteiger charge is 2.13. The maximum Gasteiger partial charge on any atom is 0.267 e. The number of nitrogens with zero attached hydrogens (tertiary/aromatic N) is 2. The van der Waals surface area contributed by atoms with Crippen LogP contribution in [0.3, 0.4) is 0 Å². The molecule has 7 nitrogen and oxygen atoms in total. The van der Waals surface area contributed by atoms with Crippen LogP contribution in [0.2, 0.25) is 0 Å². The number of benzene rings is 1. The van der Waals surface area contributed by atoms with E-state index in [1.807, 2.05) is 32.9 Å². The Balaban J connectivity index is 1.66. The summed E-state index contributed by atoms with van der Waals surface area (Å²) >= 11 is 0. The number of aromatic hydroxyl groups is 1. The van der Waals surface area contributed by atoms with Crippen molar-refractivity contribution in [2.24, 2.45) is 0 Å². The molecule has 28 heavy (non-hydrogen) atoms. The van der Waals surface area contributed by atoms with Gasteiger partial charge in [0.15, 0.2) is 0 Å². The number of aromatic amines is 1. The van der Waals surface area contributed by atoms with Crippen molar-refractivity contribution in [3.8, 4) is 17.0 Å². The van der Waals surface area contributed by atoms with E-state index >= 15 is 0 Å². The zero-order chi connectivity index (χ0) is 20.1. The molecular weight excluding hydrogens is 354 g/mol. The van der Waals surface area contributed by atoms with E-state index in [0.29, 0.717) is 24.6 Å². The minimum Gasteiger partial charge on any atom is -0.508 e. The smallest absolute Gasteiger partial charge is 0.267 e. The van der Waals surface area contributed by atoms with Crippen LogP contribution in [-0.2, 0) is 6.42 Å². The number of rotatable bonds is 7. The first-order valence-corrected chi connectivity index (χ1v) is 9.28. The third-order valence-electron chi connectivity index (χ3n) is 4.26. The lowest BCUT2D eigenvalue weighted by Crippen LogP contribution is -2.25. The van der Waals surface area contributed by atoms with Crippen LogP contribution in [-0.4, -0.2) is 38.6 Å². The Morgan fingerprint density at radius 3 is 2.82 bits per heavy atom. The molecule has 4 N–H and O–H groups in total. The minimum absolute atomic E-state index is 0.200. The van der Waals surface area contributed by atoms with Gasteiger partial charge in [0.05, 0.1) is 5.69 Å². The Labute approximate surface area is 164 Å². The van der Waals surface area contributed by atoms with Crippen molar-refractivity contribution in [2.75, 3.05) is 11.9 Å². The molecule has 0 aliphatic rings. The van der Waals surface area contributed by atoms with Crippen LogP contribution < -0.4 is 10.6 Å². The van der Waals surface area contributed by atoms with Crippen molar-refractivity contribution in [1.82, 2.24) is 20.3 Å². The molecule has 0 unspecified atom stereocenters. The van der Waals surface area contributed by atoms with Gasteiger partial charge in [-0.05, 0) is 50.5 Å². The molecule has 3 rings (SSSR count). The molecule has 0 radical (unpaired) electrons. The second-order valence-electron chi connectivity index (χ2n) is 6.96. The van der Waals surface area contributed by atoms with E-state index in [9.17, 15) is 9.90 Å². The van der Waals surface area contributed by atoms with Crippen LogP contribution in [0.4, 0.5) is 5.95 Å². The molecule has 0 saturated carbocycles. The molecule has 3 aromatic rings. The van der Waals surface area contributed by atoms with Gasteiger partial charge in [0.2, 0.25) is 5.95 Å². The fourth-order valence-corrected chi connectivity index (χ4v) is 2.85. The molecule has 2 aromatic heterocycles. The van der Waals surface area contributed by atoms with Gasteiger partial charge >= 0.3 is 0 Å². The van der Waals surface area contributed by atoms with Crippen LogP contribution in [0.5, 0.6) is 5.75 Å². The molecule has 0 aliphatic carbocycles. The SMILES string of the molecule is Cc1cnc(NC(C)C)nc1-c1c[nH]c(C(=O)NCCc2ccccc2O)c1. The molecule has 7 heteroatoms. The Morgan fingerprint density at radius 2 is 2.07 bits per heavy atom. The van der Waals surface area contributed by atoms with Crippen LogP contribution >= 0.6 is 0 Å². The lowest BCUT2D eigenvalue weighted by atomic mass is 10.1. The van der Waals surface area contributed by atoms with Gasteiger partial charge in [-0.15, -0.1) is 0 Å². The van der Waals surface area contributed by atoms with Gasteiger partial charge in [-0.25, -0.2) is 9.97 Å². The number of amides is 1. The zero-order valence-electron chi connectivity index (χ0n) is 16.3. The van der Waals surface area contributed by atoms with Crippen LogP contribution in [0.15, 0.2) is 42.7 Å². The first kappa shape index (κ1) is 19.4. The predicted molar refractivity (Wildman–Crippen MR) is 109 cm³/mol. The van der Waals surface area contributed by atoms with Crippen molar-refractivity contribution in [3.63, 3.8) is 0 Å². The van der Waals surface area contributed by atoms with Crippen LogP contribution in [0.25, 0.3) is 11.3 Å². The van der Waals surface area contributed by atoms with Crippen molar-refractivity contribution >= 4 is 11.9 Å². The molecule has 0 spiro atoms. The third-order valence-corrected chi connectivity index (χ3v) is 4.26. The Hall–Kier alpha value is -3.35.